The molecule has 0 aliphatic carbocycles. The number of benzene rings is 1. The van der Waals surface area contributed by atoms with Crippen LogP contribution in [0.2, 0.25) is 0 Å². The fourth-order valence-corrected chi connectivity index (χ4v) is 1.22. The zero-order chi connectivity index (χ0) is 12.1. The molecule has 1 rings (SSSR count). The first-order valence-electron chi connectivity index (χ1n) is 5.49. The standard InChI is InChI=1S/C13H18FNO/c1-9(2)15-13(16-10(3)4)11-5-7-12(14)8-6-11/h5-10H,1-4H3/b15-13-. The Kier molecular flexibility index (Phi) is 4.47. The zero-order valence-corrected chi connectivity index (χ0v) is 10.2. The van der Waals surface area contributed by atoms with Crippen LogP contribution in [0.15, 0.2) is 29.3 Å². The number of halogens is 1. The van der Waals surface area contributed by atoms with E-state index in [0.717, 1.165) is 5.56 Å². The quantitative estimate of drug-likeness (QED) is 0.568. The molecular formula is C13H18FNO. The van der Waals surface area contributed by atoms with Gasteiger partial charge in [0.05, 0.1) is 6.10 Å². The van der Waals surface area contributed by atoms with Gasteiger partial charge in [0.15, 0.2) is 0 Å². The van der Waals surface area contributed by atoms with Gasteiger partial charge in [0.2, 0.25) is 5.90 Å². The molecule has 0 saturated carbocycles. The molecule has 0 fully saturated rings. The smallest absolute Gasteiger partial charge is 0.216 e. The van der Waals surface area contributed by atoms with Crippen LogP contribution >= 0.6 is 0 Å². The Bertz CT molecular complexity index is 355. The summed E-state index contributed by atoms with van der Waals surface area (Å²) in [6.45, 7) is 7.85. The molecule has 0 unspecified atom stereocenters. The maximum atomic E-state index is 12.8. The third-order valence-electron chi connectivity index (χ3n) is 1.81. The van der Waals surface area contributed by atoms with Crippen LogP contribution in [0.5, 0.6) is 0 Å². The van der Waals surface area contributed by atoms with E-state index < -0.39 is 0 Å². The molecule has 0 aromatic heterocycles. The van der Waals surface area contributed by atoms with Gasteiger partial charge in [-0.25, -0.2) is 9.38 Å². The van der Waals surface area contributed by atoms with Gasteiger partial charge in [0, 0.05) is 11.6 Å². The number of hydrogen-bond donors (Lipinski definition) is 0. The van der Waals surface area contributed by atoms with E-state index in [1.807, 2.05) is 27.7 Å². The molecule has 0 aliphatic heterocycles. The van der Waals surface area contributed by atoms with Crippen molar-refractivity contribution in [2.75, 3.05) is 0 Å². The number of rotatable bonds is 3. The molecule has 0 heterocycles. The van der Waals surface area contributed by atoms with E-state index in [1.165, 1.54) is 12.1 Å². The highest BCUT2D eigenvalue weighted by Crippen LogP contribution is 2.08. The van der Waals surface area contributed by atoms with Crippen LogP contribution in [0.3, 0.4) is 0 Å². The first-order valence-corrected chi connectivity index (χ1v) is 5.49. The van der Waals surface area contributed by atoms with Crippen LogP contribution < -0.4 is 0 Å². The van der Waals surface area contributed by atoms with Crippen LogP contribution in [0.4, 0.5) is 4.39 Å². The van der Waals surface area contributed by atoms with Crippen LogP contribution in [-0.2, 0) is 4.74 Å². The number of nitrogens with zero attached hydrogens (tertiary/aromatic N) is 1. The van der Waals surface area contributed by atoms with Crippen molar-refractivity contribution < 1.29 is 9.13 Å². The van der Waals surface area contributed by atoms with E-state index in [4.69, 9.17) is 4.74 Å². The van der Waals surface area contributed by atoms with E-state index in [1.54, 1.807) is 12.1 Å². The lowest BCUT2D eigenvalue weighted by molar-refractivity contribution is 0.228. The van der Waals surface area contributed by atoms with Gasteiger partial charge in [0.25, 0.3) is 0 Å². The fraction of sp³-hybridized carbons (Fsp3) is 0.462. The number of hydrogen-bond acceptors (Lipinski definition) is 2. The molecule has 0 atom stereocenters. The summed E-state index contributed by atoms with van der Waals surface area (Å²) in [5.41, 5.74) is 0.809. The molecular weight excluding hydrogens is 205 g/mol. The molecule has 0 aliphatic rings. The summed E-state index contributed by atoms with van der Waals surface area (Å²) in [5.74, 6) is 0.321. The van der Waals surface area contributed by atoms with Crippen molar-refractivity contribution in [1.82, 2.24) is 0 Å². The van der Waals surface area contributed by atoms with Crippen molar-refractivity contribution in [2.45, 2.75) is 39.8 Å². The van der Waals surface area contributed by atoms with Gasteiger partial charge in [-0.15, -0.1) is 0 Å². The SMILES string of the molecule is CC(C)/N=C(\OC(C)C)c1ccc(F)cc1. The summed E-state index contributed by atoms with van der Waals surface area (Å²) < 4.78 is 18.4. The lowest BCUT2D eigenvalue weighted by atomic mass is 10.2. The molecule has 0 radical (unpaired) electrons. The molecule has 0 spiro atoms. The van der Waals surface area contributed by atoms with E-state index >= 15 is 0 Å². The predicted octanol–water partition coefficient (Wildman–Crippen LogP) is 3.41. The molecule has 0 amide bonds. The molecule has 2 nitrogen and oxygen atoms in total. The van der Waals surface area contributed by atoms with Crippen LogP contribution in [0.25, 0.3) is 0 Å². The Labute approximate surface area is 96.2 Å². The van der Waals surface area contributed by atoms with Gasteiger partial charge in [-0.05, 0) is 52.0 Å². The summed E-state index contributed by atoms with van der Waals surface area (Å²) in [4.78, 5) is 4.39. The summed E-state index contributed by atoms with van der Waals surface area (Å²) in [7, 11) is 0. The summed E-state index contributed by atoms with van der Waals surface area (Å²) in [6.07, 6.45) is 0.0579. The third kappa shape index (κ3) is 4.01. The van der Waals surface area contributed by atoms with Crippen molar-refractivity contribution in [3.8, 4) is 0 Å². The lowest BCUT2D eigenvalue weighted by Crippen LogP contribution is -2.15. The topological polar surface area (TPSA) is 21.6 Å². The van der Waals surface area contributed by atoms with Crippen molar-refractivity contribution in [3.05, 3.63) is 35.6 Å². The Hall–Kier alpha value is -1.38. The molecule has 1 aromatic carbocycles. The Morgan fingerprint density at radius 1 is 1.12 bits per heavy atom. The van der Waals surface area contributed by atoms with E-state index in [-0.39, 0.29) is 18.0 Å². The Morgan fingerprint density at radius 2 is 1.69 bits per heavy atom. The Morgan fingerprint density at radius 3 is 2.12 bits per heavy atom. The van der Waals surface area contributed by atoms with Gasteiger partial charge in [-0.1, -0.05) is 0 Å². The Balaban J connectivity index is 2.96. The molecule has 88 valence electrons. The second-order valence-electron chi connectivity index (χ2n) is 4.20. The highest BCUT2D eigenvalue weighted by atomic mass is 19.1. The largest absolute Gasteiger partial charge is 0.475 e. The lowest BCUT2D eigenvalue weighted by Gasteiger charge is -2.13. The molecule has 0 saturated heterocycles. The predicted molar refractivity (Wildman–Crippen MR) is 64.3 cm³/mol. The average molecular weight is 223 g/mol. The second-order valence-corrected chi connectivity index (χ2v) is 4.20. The van der Waals surface area contributed by atoms with Crippen molar-refractivity contribution in [1.29, 1.82) is 0 Å². The van der Waals surface area contributed by atoms with Gasteiger partial charge in [0.1, 0.15) is 5.82 Å². The normalized spacial score (nSPS) is 12.3. The van der Waals surface area contributed by atoms with Gasteiger partial charge >= 0.3 is 0 Å². The van der Waals surface area contributed by atoms with Crippen LogP contribution in [-0.4, -0.2) is 18.0 Å². The second kappa shape index (κ2) is 5.64. The number of ether oxygens (including phenoxy) is 1. The van der Waals surface area contributed by atoms with E-state index in [0.29, 0.717) is 5.90 Å². The summed E-state index contributed by atoms with van der Waals surface area (Å²) >= 11 is 0. The maximum absolute atomic E-state index is 12.8. The van der Waals surface area contributed by atoms with Crippen LogP contribution in [0, 0.1) is 5.82 Å². The van der Waals surface area contributed by atoms with E-state index in [2.05, 4.69) is 4.99 Å². The van der Waals surface area contributed by atoms with Gasteiger partial charge in [-0.2, -0.15) is 0 Å². The van der Waals surface area contributed by atoms with Crippen molar-refractivity contribution in [2.24, 2.45) is 4.99 Å². The zero-order valence-electron chi connectivity index (χ0n) is 10.2. The fourth-order valence-electron chi connectivity index (χ4n) is 1.22. The molecule has 3 heteroatoms. The summed E-state index contributed by atoms with van der Waals surface area (Å²) in [6, 6.07) is 6.33. The van der Waals surface area contributed by atoms with Gasteiger partial charge in [-0.3, -0.25) is 0 Å². The van der Waals surface area contributed by atoms with E-state index in [9.17, 15) is 4.39 Å². The third-order valence-corrected chi connectivity index (χ3v) is 1.81. The molecule has 0 bridgehead atoms. The highest BCUT2D eigenvalue weighted by Gasteiger charge is 2.08. The van der Waals surface area contributed by atoms with Crippen molar-refractivity contribution in [3.63, 3.8) is 0 Å². The van der Waals surface area contributed by atoms with Crippen LogP contribution in [0.1, 0.15) is 33.3 Å². The highest BCUT2D eigenvalue weighted by molar-refractivity contribution is 5.94. The molecule has 1 aromatic rings. The monoisotopic (exact) mass is 223 g/mol. The first-order chi connectivity index (χ1) is 7.49. The average Bonchev–Trinajstić information content (AvgIpc) is 2.16. The van der Waals surface area contributed by atoms with Crippen molar-refractivity contribution >= 4 is 5.90 Å². The maximum Gasteiger partial charge on any atom is 0.216 e. The minimum atomic E-state index is -0.253. The first kappa shape index (κ1) is 12.7. The molecule has 0 N–H and O–H groups in total. The van der Waals surface area contributed by atoms with Gasteiger partial charge < -0.3 is 4.74 Å². The summed E-state index contributed by atoms with van der Waals surface area (Å²) in [5, 5.41) is 0. The minimum Gasteiger partial charge on any atom is -0.475 e. The molecule has 16 heavy (non-hydrogen) atoms. The number of aliphatic imine (C=N–C) groups is 1. The minimum absolute atomic E-state index is 0.0579.